The van der Waals surface area contributed by atoms with E-state index >= 15 is 0 Å². The van der Waals surface area contributed by atoms with E-state index in [1.54, 1.807) is 4.68 Å². The topological polar surface area (TPSA) is 96.3 Å². The van der Waals surface area contributed by atoms with Crippen molar-refractivity contribution in [2.75, 3.05) is 7.05 Å². The van der Waals surface area contributed by atoms with Gasteiger partial charge in [0.1, 0.15) is 5.69 Å². The highest BCUT2D eigenvalue weighted by atomic mass is 16.3. The second-order valence-corrected chi connectivity index (χ2v) is 7.00. The number of carbonyl (C=O) groups is 2. The van der Waals surface area contributed by atoms with E-state index in [2.05, 4.69) is 15.7 Å². The summed E-state index contributed by atoms with van der Waals surface area (Å²) in [5.74, 6) is -0.578. The summed E-state index contributed by atoms with van der Waals surface area (Å²) in [5, 5.41) is 19.6. The van der Waals surface area contributed by atoms with Gasteiger partial charge in [-0.1, -0.05) is 30.3 Å². The van der Waals surface area contributed by atoms with Gasteiger partial charge in [-0.25, -0.2) is 0 Å². The molecule has 3 N–H and O–H groups in total. The predicted octanol–water partition coefficient (Wildman–Crippen LogP) is 1.89. The average molecular weight is 370 g/mol. The van der Waals surface area contributed by atoms with Crippen LogP contribution in [0.5, 0.6) is 0 Å². The second-order valence-electron chi connectivity index (χ2n) is 7.00. The number of carbonyl (C=O) groups excluding carboxylic acids is 2. The summed E-state index contributed by atoms with van der Waals surface area (Å²) in [6, 6.07) is 11.1. The fourth-order valence-corrected chi connectivity index (χ4v) is 3.45. The van der Waals surface area contributed by atoms with Crippen LogP contribution in [-0.2, 0) is 0 Å². The van der Waals surface area contributed by atoms with Gasteiger partial charge in [-0.3, -0.25) is 14.3 Å². The predicted molar refractivity (Wildman–Crippen MR) is 102 cm³/mol. The fraction of sp³-hybridized carbons (Fsp3) is 0.450. The summed E-state index contributed by atoms with van der Waals surface area (Å²) in [4.78, 5) is 24.9. The van der Waals surface area contributed by atoms with E-state index in [1.165, 1.54) is 13.1 Å². The summed E-state index contributed by atoms with van der Waals surface area (Å²) in [6.07, 6.45) is 2.60. The molecule has 2 aromatic rings. The lowest BCUT2D eigenvalue weighted by Crippen LogP contribution is -2.39. The van der Waals surface area contributed by atoms with Crippen LogP contribution in [0.15, 0.2) is 36.4 Å². The SMILES string of the molecule is CNC(=O)c1cc(C(=O)NC2CCC(O)CC2)n([C@H](C)c2ccccc2)n1. The molecule has 1 aliphatic carbocycles. The Kier molecular flexibility index (Phi) is 5.91. The van der Waals surface area contributed by atoms with Gasteiger partial charge in [-0.2, -0.15) is 5.10 Å². The van der Waals surface area contributed by atoms with Gasteiger partial charge in [-0.05, 0) is 38.2 Å². The number of nitrogens with zero attached hydrogens (tertiary/aromatic N) is 2. The van der Waals surface area contributed by atoms with Gasteiger partial charge in [-0.15, -0.1) is 0 Å². The van der Waals surface area contributed by atoms with Gasteiger partial charge in [0, 0.05) is 19.2 Å². The van der Waals surface area contributed by atoms with E-state index in [0.29, 0.717) is 18.5 Å². The molecule has 1 heterocycles. The highest BCUT2D eigenvalue weighted by Crippen LogP contribution is 2.22. The Bertz CT molecular complexity index is 795. The Morgan fingerprint density at radius 1 is 1.15 bits per heavy atom. The summed E-state index contributed by atoms with van der Waals surface area (Å²) in [5.41, 5.74) is 1.57. The van der Waals surface area contributed by atoms with Gasteiger partial charge in [0.15, 0.2) is 5.69 Å². The fourth-order valence-electron chi connectivity index (χ4n) is 3.45. The first-order valence-electron chi connectivity index (χ1n) is 9.35. The van der Waals surface area contributed by atoms with Crippen molar-refractivity contribution in [3.05, 3.63) is 53.3 Å². The molecule has 0 bridgehead atoms. The van der Waals surface area contributed by atoms with Crippen LogP contribution >= 0.6 is 0 Å². The molecule has 0 saturated heterocycles. The van der Waals surface area contributed by atoms with Gasteiger partial charge < -0.3 is 15.7 Å². The smallest absolute Gasteiger partial charge is 0.271 e. The standard InChI is InChI=1S/C20H26N4O3/c1-13(14-6-4-3-5-7-14)24-18(12-17(23-24)19(26)21-2)20(27)22-15-8-10-16(25)11-9-15/h3-7,12-13,15-16,25H,8-11H2,1-2H3,(H,21,26)(H,22,27)/t13-,15?,16?/m1/s1. The van der Waals surface area contributed by atoms with Crippen molar-refractivity contribution in [2.45, 2.75) is 50.8 Å². The van der Waals surface area contributed by atoms with E-state index in [9.17, 15) is 14.7 Å². The maximum absolute atomic E-state index is 12.9. The second kappa shape index (κ2) is 8.35. The molecule has 7 nitrogen and oxygen atoms in total. The molecule has 3 rings (SSSR count). The Hall–Kier alpha value is -2.67. The van der Waals surface area contributed by atoms with Crippen LogP contribution < -0.4 is 10.6 Å². The Morgan fingerprint density at radius 3 is 2.44 bits per heavy atom. The summed E-state index contributed by atoms with van der Waals surface area (Å²) in [6.45, 7) is 1.95. The van der Waals surface area contributed by atoms with Crippen LogP contribution in [0.25, 0.3) is 0 Å². The highest BCUT2D eigenvalue weighted by Gasteiger charge is 2.26. The number of hydrogen-bond acceptors (Lipinski definition) is 4. The van der Waals surface area contributed by atoms with Crippen molar-refractivity contribution >= 4 is 11.8 Å². The maximum Gasteiger partial charge on any atom is 0.271 e. The van der Waals surface area contributed by atoms with E-state index in [1.807, 2.05) is 37.3 Å². The quantitative estimate of drug-likeness (QED) is 0.749. The molecule has 2 amide bonds. The zero-order valence-corrected chi connectivity index (χ0v) is 15.7. The van der Waals surface area contributed by atoms with Gasteiger partial charge in [0.25, 0.3) is 11.8 Å². The molecule has 1 fully saturated rings. The van der Waals surface area contributed by atoms with Gasteiger partial charge >= 0.3 is 0 Å². The molecule has 0 spiro atoms. The zero-order chi connectivity index (χ0) is 19.4. The molecular formula is C20H26N4O3. The molecule has 1 aromatic carbocycles. The lowest BCUT2D eigenvalue weighted by molar-refractivity contribution is 0.0856. The number of amides is 2. The Morgan fingerprint density at radius 2 is 1.81 bits per heavy atom. The third-order valence-electron chi connectivity index (χ3n) is 5.11. The lowest BCUT2D eigenvalue weighted by Gasteiger charge is -2.26. The molecule has 1 saturated carbocycles. The molecule has 0 aliphatic heterocycles. The molecule has 1 atom stereocenters. The summed E-state index contributed by atoms with van der Waals surface area (Å²) < 4.78 is 1.60. The normalized spacial score (nSPS) is 20.7. The number of aliphatic hydroxyl groups is 1. The largest absolute Gasteiger partial charge is 0.393 e. The average Bonchev–Trinajstić information content (AvgIpc) is 3.15. The van der Waals surface area contributed by atoms with Crippen molar-refractivity contribution < 1.29 is 14.7 Å². The minimum atomic E-state index is -0.330. The van der Waals surface area contributed by atoms with Crippen LogP contribution in [-0.4, -0.2) is 45.9 Å². The van der Waals surface area contributed by atoms with E-state index < -0.39 is 0 Å². The molecule has 7 heteroatoms. The maximum atomic E-state index is 12.9. The summed E-state index contributed by atoms with van der Waals surface area (Å²) in [7, 11) is 1.54. The first kappa shape index (κ1) is 19.1. The molecule has 1 aliphatic rings. The minimum absolute atomic E-state index is 0.0275. The molecule has 27 heavy (non-hydrogen) atoms. The molecule has 0 radical (unpaired) electrons. The molecule has 0 unspecified atom stereocenters. The molecule has 1 aromatic heterocycles. The molecule has 144 valence electrons. The number of aliphatic hydroxyl groups excluding tert-OH is 1. The summed E-state index contributed by atoms with van der Waals surface area (Å²) >= 11 is 0. The van der Waals surface area contributed by atoms with Crippen LogP contribution in [0.3, 0.4) is 0 Å². The molecular weight excluding hydrogens is 344 g/mol. The van der Waals surface area contributed by atoms with Crippen molar-refractivity contribution in [3.8, 4) is 0 Å². The van der Waals surface area contributed by atoms with Crippen molar-refractivity contribution in [2.24, 2.45) is 0 Å². The van der Waals surface area contributed by atoms with Crippen LogP contribution in [0.2, 0.25) is 0 Å². The number of rotatable bonds is 5. The van der Waals surface area contributed by atoms with Crippen molar-refractivity contribution in [1.82, 2.24) is 20.4 Å². The monoisotopic (exact) mass is 370 g/mol. The zero-order valence-electron chi connectivity index (χ0n) is 15.7. The van der Waals surface area contributed by atoms with Crippen LogP contribution in [0, 0.1) is 0 Å². The van der Waals surface area contributed by atoms with Crippen LogP contribution in [0.1, 0.15) is 65.2 Å². The highest BCUT2D eigenvalue weighted by molar-refractivity contribution is 5.98. The third-order valence-corrected chi connectivity index (χ3v) is 5.11. The Balaban J connectivity index is 1.87. The van der Waals surface area contributed by atoms with E-state index in [0.717, 1.165) is 18.4 Å². The number of benzene rings is 1. The van der Waals surface area contributed by atoms with E-state index in [-0.39, 0.29) is 35.7 Å². The number of hydrogen-bond donors (Lipinski definition) is 3. The van der Waals surface area contributed by atoms with Gasteiger partial charge in [0.05, 0.1) is 12.1 Å². The van der Waals surface area contributed by atoms with E-state index in [4.69, 9.17) is 0 Å². The van der Waals surface area contributed by atoms with Crippen molar-refractivity contribution in [3.63, 3.8) is 0 Å². The lowest BCUT2D eigenvalue weighted by atomic mass is 9.93. The third kappa shape index (κ3) is 4.36. The minimum Gasteiger partial charge on any atom is -0.393 e. The first-order valence-corrected chi connectivity index (χ1v) is 9.35. The Labute approximate surface area is 158 Å². The van der Waals surface area contributed by atoms with Crippen molar-refractivity contribution in [1.29, 1.82) is 0 Å². The van der Waals surface area contributed by atoms with Gasteiger partial charge in [0.2, 0.25) is 0 Å². The van der Waals surface area contributed by atoms with Crippen LogP contribution in [0.4, 0.5) is 0 Å². The number of nitrogens with one attached hydrogen (secondary N) is 2. The number of aromatic nitrogens is 2. The first-order chi connectivity index (χ1) is 13.0.